The maximum atomic E-state index is 12.2. The number of rotatable bonds is 2. The van der Waals surface area contributed by atoms with E-state index in [4.69, 9.17) is 0 Å². The van der Waals surface area contributed by atoms with E-state index in [9.17, 15) is 4.79 Å². The molecule has 2 heterocycles. The van der Waals surface area contributed by atoms with Gasteiger partial charge in [0.25, 0.3) is 5.91 Å². The van der Waals surface area contributed by atoms with Crippen LogP contribution in [0.3, 0.4) is 0 Å². The molecule has 1 aliphatic rings. The summed E-state index contributed by atoms with van der Waals surface area (Å²) in [5.74, 6) is 0.396. The molecule has 5 nitrogen and oxygen atoms in total. The predicted molar refractivity (Wildman–Crippen MR) is 66.0 cm³/mol. The second kappa shape index (κ2) is 4.87. The average Bonchev–Trinajstić information content (AvgIpc) is 2.77. The number of carbonyl (C=O) groups is 1. The molecule has 1 saturated heterocycles. The molecular weight excluding hydrogens is 216 g/mol. The van der Waals surface area contributed by atoms with Gasteiger partial charge in [-0.05, 0) is 18.9 Å². The normalized spacial score (nSPS) is 20.9. The molecule has 1 atom stereocenters. The number of aromatic nitrogens is 2. The van der Waals surface area contributed by atoms with Gasteiger partial charge in [0, 0.05) is 31.4 Å². The molecule has 0 spiro atoms. The lowest BCUT2D eigenvalue weighted by Gasteiger charge is -2.31. The number of amides is 1. The van der Waals surface area contributed by atoms with Crippen LogP contribution in [0, 0.1) is 0 Å². The molecule has 1 fully saturated rings. The number of carbonyl (C=O) groups excluding carboxylic acids is 1. The highest BCUT2D eigenvalue weighted by molar-refractivity contribution is 5.92. The fourth-order valence-electron chi connectivity index (χ4n) is 2.02. The molecule has 0 radical (unpaired) electrons. The highest BCUT2D eigenvalue weighted by Gasteiger charge is 2.23. The first-order valence-electron chi connectivity index (χ1n) is 6.16. The summed E-state index contributed by atoms with van der Waals surface area (Å²) in [5.41, 5.74) is 1.54. The summed E-state index contributed by atoms with van der Waals surface area (Å²) >= 11 is 0. The Morgan fingerprint density at radius 3 is 2.94 bits per heavy atom. The Kier molecular flexibility index (Phi) is 3.47. The zero-order valence-electron chi connectivity index (χ0n) is 10.7. The van der Waals surface area contributed by atoms with Gasteiger partial charge in [0.2, 0.25) is 0 Å². The lowest BCUT2D eigenvalue weighted by atomic mass is 10.1. The van der Waals surface area contributed by atoms with Gasteiger partial charge in [0.05, 0.1) is 0 Å². The van der Waals surface area contributed by atoms with Crippen LogP contribution in [0.15, 0.2) is 6.07 Å². The molecule has 1 aliphatic heterocycles. The fourth-order valence-corrected chi connectivity index (χ4v) is 2.02. The minimum Gasteiger partial charge on any atom is -0.334 e. The molecule has 1 aromatic rings. The van der Waals surface area contributed by atoms with Crippen LogP contribution in [0.5, 0.6) is 0 Å². The van der Waals surface area contributed by atoms with E-state index in [1.54, 1.807) is 0 Å². The number of hydrogen-bond acceptors (Lipinski definition) is 3. The van der Waals surface area contributed by atoms with Crippen LogP contribution in [0.2, 0.25) is 0 Å². The molecular formula is C12H20N4O. The highest BCUT2D eigenvalue weighted by atomic mass is 16.2. The van der Waals surface area contributed by atoms with E-state index in [1.165, 1.54) is 0 Å². The number of nitrogens with zero attached hydrogens (tertiary/aromatic N) is 2. The van der Waals surface area contributed by atoms with Crippen LogP contribution in [-0.4, -0.2) is 46.7 Å². The first-order chi connectivity index (χ1) is 8.08. The molecule has 2 N–H and O–H groups in total. The van der Waals surface area contributed by atoms with Crippen molar-refractivity contribution in [3.63, 3.8) is 0 Å². The monoisotopic (exact) mass is 236 g/mol. The molecule has 1 amide bonds. The zero-order chi connectivity index (χ0) is 12.4. The third-order valence-electron chi connectivity index (χ3n) is 3.09. The number of nitrogens with one attached hydrogen (secondary N) is 2. The van der Waals surface area contributed by atoms with E-state index in [2.05, 4.69) is 36.3 Å². The van der Waals surface area contributed by atoms with Crippen molar-refractivity contribution in [2.45, 2.75) is 32.7 Å². The molecule has 5 heteroatoms. The number of piperazine rings is 1. The summed E-state index contributed by atoms with van der Waals surface area (Å²) in [4.78, 5) is 14.1. The molecule has 1 aromatic heterocycles. The Morgan fingerprint density at radius 1 is 1.59 bits per heavy atom. The maximum absolute atomic E-state index is 12.2. The number of H-pyrrole nitrogens is 1. The van der Waals surface area contributed by atoms with Gasteiger partial charge in [-0.1, -0.05) is 13.8 Å². The summed E-state index contributed by atoms with van der Waals surface area (Å²) in [6.07, 6.45) is 0. The van der Waals surface area contributed by atoms with Gasteiger partial charge < -0.3 is 10.2 Å². The molecule has 0 aliphatic carbocycles. The van der Waals surface area contributed by atoms with E-state index in [0.29, 0.717) is 17.7 Å². The first kappa shape index (κ1) is 12.1. The smallest absolute Gasteiger partial charge is 0.274 e. The van der Waals surface area contributed by atoms with Crippen molar-refractivity contribution in [3.05, 3.63) is 17.5 Å². The van der Waals surface area contributed by atoms with Crippen LogP contribution in [-0.2, 0) is 0 Å². The molecule has 0 saturated carbocycles. The van der Waals surface area contributed by atoms with Crippen LogP contribution in [0.4, 0.5) is 0 Å². The van der Waals surface area contributed by atoms with E-state index >= 15 is 0 Å². The van der Waals surface area contributed by atoms with Crippen molar-refractivity contribution < 1.29 is 4.79 Å². The summed E-state index contributed by atoms with van der Waals surface area (Å²) in [6, 6.07) is 2.22. The van der Waals surface area contributed by atoms with Crippen LogP contribution in [0.1, 0.15) is 42.9 Å². The SMILES string of the molecule is CC1CN(C(=O)c2cc(C(C)C)[nH]n2)CCN1. The van der Waals surface area contributed by atoms with Gasteiger partial charge in [-0.2, -0.15) is 5.10 Å². The standard InChI is InChI=1S/C12H20N4O/c1-8(2)10-6-11(15-14-10)12(17)16-5-4-13-9(3)7-16/h6,8-9,13H,4-5,7H2,1-3H3,(H,14,15). The van der Waals surface area contributed by atoms with Crippen LogP contribution in [0.25, 0.3) is 0 Å². The zero-order valence-corrected chi connectivity index (χ0v) is 10.7. The fraction of sp³-hybridized carbons (Fsp3) is 0.667. The summed E-state index contributed by atoms with van der Waals surface area (Å²) in [5, 5.41) is 10.3. The average molecular weight is 236 g/mol. The van der Waals surface area contributed by atoms with Crippen molar-refractivity contribution in [2.24, 2.45) is 0 Å². The number of aromatic amines is 1. The lowest BCUT2D eigenvalue weighted by Crippen LogP contribution is -2.51. The molecule has 1 unspecified atom stereocenters. The number of hydrogen-bond donors (Lipinski definition) is 2. The van der Waals surface area contributed by atoms with Gasteiger partial charge in [0.15, 0.2) is 0 Å². The Bertz CT molecular complexity index is 399. The van der Waals surface area contributed by atoms with Crippen molar-refractivity contribution in [2.75, 3.05) is 19.6 Å². The van der Waals surface area contributed by atoms with E-state index in [-0.39, 0.29) is 5.91 Å². The van der Waals surface area contributed by atoms with Crippen molar-refractivity contribution in [1.82, 2.24) is 20.4 Å². The van der Waals surface area contributed by atoms with E-state index in [0.717, 1.165) is 25.3 Å². The summed E-state index contributed by atoms with van der Waals surface area (Å²) in [7, 11) is 0. The maximum Gasteiger partial charge on any atom is 0.274 e. The highest BCUT2D eigenvalue weighted by Crippen LogP contribution is 2.13. The summed E-state index contributed by atoms with van der Waals surface area (Å²) in [6.45, 7) is 8.61. The van der Waals surface area contributed by atoms with Crippen LogP contribution >= 0.6 is 0 Å². The minimum absolute atomic E-state index is 0.0292. The third kappa shape index (κ3) is 2.66. The Labute approximate surface area is 102 Å². The lowest BCUT2D eigenvalue weighted by molar-refractivity contribution is 0.0703. The van der Waals surface area contributed by atoms with Gasteiger partial charge >= 0.3 is 0 Å². The van der Waals surface area contributed by atoms with Crippen molar-refractivity contribution in [3.8, 4) is 0 Å². The third-order valence-corrected chi connectivity index (χ3v) is 3.09. The van der Waals surface area contributed by atoms with Crippen molar-refractivity contribution in [1.29, 1.82) is 0 Å². The second-order valence-electron chi connectivity index (χ2n) is 4.97. The van der Waals surface area contributed by atoms with Gasteiger partial charge in [0.1, 0.15) is 5.69 Å². The van der Waals surface area contributed by atoms with Crippen molar-refractivity contribution >= 4 is 5.91 Å². The predicted octanol–water partition coefficient (Wildman–Crippen LogP) is 0.967. The minimum atomic E-state index is 0.0292. The Hall–Kier alpha value is -1.36. The van der Waals surface area contributed by atoms with Gasteiger partial charge in [-0.3, -0.25) is 9.89 Å². The Morgan fingerprint density at radius 2 is 2.35 bits per heavy atom. The van der Waals surface area contributed by atoms with E-state index < -0.39 is 0 Å². The van der Waals surface area contributed by atoms with Crippen LogP contribution < -0.4 is 5.32 Å². The quantitative estimate of drug-likeness (QED) is 0.804. The summed E-state index contributed by atoms with van der Waals surface area (Å²) < 4.78 is 0. The van der Waals surface area contributed by atoms with Gasteiger partial charge in [-0.15, -0.1) is 0 Å². The first-order valence-corrected chi connectivity index (χ1v) is 6.16. The molecule has 0 aromatic carbocycles. The second-order valence-corrected chi connectivity index (χ2v) is 4.97. The van der Waals surface area contributed by atoms with E-state index in [1.807, 2.05) is 11.0 Å². The molecule has 2 rings (SSSR count). The van der Waals surface area contributed by atoms with Gasteiger partial charge in [-0.25, -0.2) is 0 Å². The topological polar surface area (TPSA) is 61.0 Å². The molecule has 17 heavy (non-hydrogen) atoms. The Balaban J connectivity index is 2.07. The largest absolute Gasteiger partial charge is 0.334 e. The molecule has 94 valence electrons. The molecule has 0 bridgehead atoms.